The van der Waals surface area contributed by atoms with Gasteiger partial charge in [-0.25, -0.2) is 4.98 Å². The maximum atomic E-state index is 12.4. The number of piperidine rings is 1. The van der Waals surface area contributed by atoms with Crippen LogP contribution in [0.1, 0.15) is 30.0 Å². The van der Waals surface area contributed by atoms with Crippen LogP contribution in [-0.4, -0.2) is 68.0 Å². The molecule has 0 bridgehead atoms. The van der Waals surface area contributed by atoms with Crippen LogP contribution >= 0.6 is 0 Å². The smallest absolute Gasteiger partial charge is 0.252 e. The summed E-state index contributed by atoms with van der Waals surface area (Å²) < 4.78 is 16.9. The summed E-state index contributed by atoms with van der Waals surface area (Å²) in [5.74, 6) is 2.36. The zero-order valence-electron chi connectivity index (χ0n) is 18.7. The molecular formula is C24H32N4O4. The van der Waals surface area contributed by atoms with Gasteiger partial charge in [0.2, 0.25) is 5.95 Å². The third kappa shape index (κ3) is 5.31. The van der Waals surface area contributed by atoms with Crippen LogP contribution in [0.25, 0.3) is 0 Å². The maximum Gasteiger partial charge on any atom is 0.252 e. The predicted octanol–water partition coefficient (Wildman–Crippen LogP) is 2.56. The van der Waals surface area contributed by atoms with Crippen LogP contribution in [0.4, 0.5) is 5.95 Å². The highest BCUT2D eigenvalue weighted by atomic mass is 16.5. The van der Waals surface area contributed by atoms with Crippen molar-refractivity contribution < 1.29 is 14.2 Å². The Morgan fingerprint density at radius 2 is 2.16 bits per heavy atom. The van der Waals surface area contributed by atoms with Gasteiger partial charge in [-0.2, -0.15) is 0 Å². The molecule has 0 spiro atoms. The zero-order chi connectivity index (χ0) is 22.3. The molecule has 1 aromatic carbocycles. The second kappa shape index (κ2) is 10.7. The number of anilines is 1. The van der Waals surface area contributed by atoms with E-state index in [4.69, 9.17) is 19.2 Å². The fourth-order valence-electron chi connectivity index (χ4n) is 4.43. The average molecular weight is 441 g/mol. The molecule has 1 aromatic heterocycles. The molecule has 0 unspecified atom stereocenters. The molecule has 3 heterocycles. The summed E-state index contributed by atoms with van der Waals surface area (Å²) in [7, 11) is 1.65. The van der Waals surface area contributed by atoms with Gasteiger partial charge in [0.15, 0.2) is 11.5 Å². The molecule has 0 saturated carbocycles. The lowest BCUT2D eigenvalue weighted by molar-refractivity contribution is 0.122. The maximum absolute atomic E-state index is 12.4. The van der Waals surface area contributed by atoms with E-state index in [1.807, 2.05) is 12.1 Å². The molecule has 4 rings (SSSR count). The Labute approximate surface area is 188 Å². The van der Waals surface area contributed by atoms with Crippen molar-refractivity contribution in [2.45, 2.75) is 25.3 Å². The zero-order valence-corrected chi connectivity index (χ0v) is 18.7. The number of nitrogens with one attached hydrogen (secondary N) is 1. The lowest BCUT2D eigenvalue weighted by Gasteiger charge is -2.33. The molecule has 0 aliphatic carbocycles. The van der Waals surface area contributed by atoms with Gasteiger partial charge in [0, 0.05) is 43.7 Å². The molecule has 2 aliphatic rings. The van der Waals surface area contributed by atoms with Gasteiger partial charge in [0.05, 0.1) is 26.0 Å². The Kier molecular flexibility index (Phi) is 7.44. The van der Waals surface area contributed by atoms with E-state index in [2.05, 4.69) is 27.4 Å². The summed E-state index contributed by atoms with van der Waals surface area (Å²) in [6.45, 7) is 9.56. The van der Waals surface area contributed by atoms with Crippen LogP contribution in [-0.2, 0) is 11.3 Å². The first kappa shape index (κ1) is 22.4. The lowest BCUT2D eigenvalue weighted by Crippen LogP contribution is -2.39. The number of hydrogen-bond donors (Lipinski definition) is 1. The summed E-state index contributed by atoms with van der Waals surface area (Å²) >= 11 is 0. The second-order valence-electron chi connectivity index (χ2n) is 8.22. The fraction of sp³-hybridized carbons (Fsp3) is 0.500. The molecule has 8 heteroatoms. The van der Waals surface area contributed by atoms with Crippen molar-refractivity contribution in [3.05, 3.63) is 58.5 Å². The van der Waals surface area contributed by atoms with Crippen LogP contribution < -0.4 is 19.9 Å². The van der Waals surface area contributed by atoms with E-state index in [0.717, 1.165) is 68.3 Å². The molecule has 32 heavy (non-hydrogen) atoms. The highest BCUT2D eigenvalue weighted by Crippen LogP contribution is 2.34. The molecule has 1 N–H and O–H groups in total. The molecule has 2 aromatic rings. The highest BCUT2D eigenvalue weighted by Gasteiger charge is 2.25. The normalized spacial score (nSPS) is 19.5. The van der Waals surface area contributed by atoms with E-state index >= 15 is 0 Å². The summed E-state index contributed by atoms with van der Waals surface area (Å²) in [5, 5.41) is 0. The third-order valence-electron chi connectivity index (χ3n) is 6.00. The first-order valence-electron chi connectivity index (χ1n) is 11.2. The Hall–Kier alpha value is -2.84. The number of aromatic amines is 1. The van der Waals surface area contributed by atoms with Gasteiger partial charge in [-0.15, -0.1) is 0 Å². The van der Waals surface area contributed by atoms with Crippen molar-refractivity contribution in [3.63, 3.8) is 0 Å². The summed E-state index contributed by atoms with van der Waals surface area (Å²) in [4.78, 5) is 24.6. The number of hydrogen-bond acceptors (Lipinski definition) is 7. The van der Waals surface area contributed by atoms with Crippen molar-refractivity contribution >= 4 is 5.95 Å². The first-order chi connectivity index (χ1) is 15.7. The molecule has 2 aliphatic heterocycles. The topological polar surface area (TPSA) is 79.9 Å². The van der Waals surface area contributed by atoms with Crippen LogP contribution in [0, 0.1) is 0 Å². The van der Waals surface area contributed by atoms with Gasteiger partial charge in [-0.3, -0.25) is 14.7 Å². The minimum Gasteiger partial charge on any atom is -0.493 e. The number of para-hydroxylation sites is 1. The highest BCUT2D eigenvalue weighted by molar-refractivity contribution is 5.46. The average Bonchev–Trinajstić information content (AvgIpc) is 2.83. The van der Waals surface area contributed by atoms with Gasteiger partial charge < -0.3 is 19.1 Å². The Bertz CT molecular complexity index is 971. The Balaban J connectivity index is 1.50. The van der Waals surface area contributed by atoms with Crippen LogP contribution in [0.3, 0.4) is 0 Å². The summed E-state index contributed by atoms with van der Waals surface area (Å²) in [6, 6.07) is 7.63. The largest absolute Gasteiger partial charge is 0.493 e. The monoisotopic (exact) mass is 440 g/mol. The van der Waals surface area contributed by atoms with E-state index in [9.17, 15) is 4.79 Å². The fourth-order valence-corrected chi connectivity index (χ4v) is 4.43. The van der Waals surface area contributed by atoms with Gasteiger partial charge in [-0.05, 0) is 25.5 Å². The van der Waals surface area contributed by atoms with Gasteiger partial charge in [-0.1, -0.05) is 24.8 Å². The quantitative estimate of drug-likeness (QED) is 0.632. The number of ether oxygens (including phenoxy) is 3. The molecule has 172 valence electrons. The third-order valence-corrected chi connectivity index (χ3v) is 6.00. The molecule has 0 amide bonds. The van der Waals surface area contributed by atoms with Gasteiger partial charge in [0.1, 0.15) is 6.61 Å². The van der Waals surface area contributed by atoms with Crippen molar-refractivity contribution in [3.8, 4) is 11.5 Å². The lowest BCUT2D eigenvalue weighted by atomic mass is 9.94. The second-order valence-corrected chi connectivity index (χ2v) is 8.22. The van der Waals surface area contributed by atoms with E-state index in [1.54, 1.807) is 19.3 Å². The number of rotatable bonds is 8. The summed E-state index contributed by atoms with van der Waals surface area (Å²) in [5.41, 5.74) is 1.86. The predicted molar refractivity (Wildman–Crippen MR) is 124 cm³/mol. The van der Waals surface area contributed by atoms with E-state index in [0.29, 0.717) is 25.8 Å². The van der Waals surface area contributed by atoms with Crippen molar-refractivity contribution in [1.29, 1.82) is 0 Å². The Morgan fingerprint density at radius 3 is 2.94 bits per heavy atom. The standard InChI is InChI=1S/C24H32N4O4/c1-3-12-32-23-19(6-4-8-21(23)30-2)17-27-9-5-7-18(16-27)20-15-22(29)26-24(25-20)28-10-13-31-14-11-28/h3-4,6,8,15,18H,1,5,7,9-14,16-17H2,2H3,(H,25,26,29)/t18-/m1/s1. The molecular weight excluding hydrogens is 408 g/mol. The van der Waals surface area contributed by atoms with Crippen molar-refractivity contribution in [2.24, 2.45) is 0 Å². The van der Waals surface area contributed by atoms with Gasteiger partial charge >= 0.3 is 0 Å². The Morgan fingerprint density at radius 1 is 1.31 bits per heavy atom. The molecule has 2 saturated heterocycles. The SMILES string of the molecule is C=CCOc1c(CN2CCC[C@@H](c3cc(=O)[nH]c(N4CCOCC4)n3)C2)cccc1OC. The number of likely N-dealkylation sites (tertiary alicyclic amines) is 1. The molecule has 2 fully saturated rings. The van der Waals surface area contributed by atoms with E-state index in [1.165, 1.54) is 0 Å². The molecule has 1 atom stereocenters. The summed E-state index contributed by atoms with van der Waals surface area (Å²) in [6.07, 6.45) is 3.81. The van der Waals surface area contributed by atoms with Crippen LogP contribution in [0.2, 0.25) is 0 Å². The minimum atomic E-state index is -0.0958. The van der Waals surface area contributed by atoms with E-state index in [-0.39, 0.29) is 11.5 Å². The number of H-pyrrole nitrogens is 1. The molecule has 0 radical (unpaired) electrons. The number of morpholine rings is 1. The molecule has 8 nitrogen and oxygen atoms in total. The van der Waals surface area contributed by atoms with Crippen molar-refractivity contribution in [1.82, 2.24) is 14.9 Å². The van der Waals surface area contributed by atoms with Crippen LogP contribution in [0.15, 0.2) is 41.7 Å². The van der Waals surface area contributed by atoms with Gasteiger partial charge in [0.25, 0.3) is 5.56 Å². The number of methoxy groups -OCH3 is 1. The number of benzene rings is 1. The first-order valence-corrected chi connectivity index (χ1v) is 11.2. The van der Waals surface area contributed by atoms with Crippen molar-refractivity contribution in [2.75, 3.05) is 58.0 Å². The van der Waals surface area contributed by atoms with E-state index < -0.39 is 0 Å². The minimum absolute atomic E-state index is 0.0958. The number of aromatic nitrogens is 2. The number of nitrogens with zero attached hydrogens (tertiary/aromatic N) is 3. The van der Waals surface area contributed by atoms with Crippen LogP contribution in [0.5, 0.6) is 11.5 Å².